The van der Waals surface area contributed by atoms with Gasteiger partial charge in [-0.3, -0.25) is 14.4 Å². The number of amides is 3. The van der Waals surface area contributed by atoms with E-state index in [1.165, 1.54) is 18.2 Å². The number of rotatable bonds is 5. The highest BCUT2D eigenvalue weighted by Gasteiger charge is 2.40. The molecule has 3 heterocycles. The maximum Gasteiger partial charge on any atom is 0.259 e. The van der Waals surface area contributed by atoms with Crippen molar-refractivity contribution in [3.8, 4) is 0 Å². The Hall–Kier alpha value is -4.17. The van der Waals surface area contributed by atoms with Crippen molar-refractivity contribution in [2.75, 3.05) is 42.2 Å². The van der Waals surface area contributed by atoms with Crippen molar-refractivity contribution in [2.45, 2.75) is 31.0 Å². The largest absolute Gasteiger partial charge is 0.380 e. The molecule has 0 radical (unpaired) electrons. The first kappa shape index (κ1) is 26.4. The van der Waals surface area contributed by atoms with Crippen molar-refractivity contribution in [1.29, 1.82) is 0 Å². The molecule has 2 unspecified atom stereocenters. The van der Waals surface area contributed by atoms with Crippen LogP contribution >= 0.6 is 0 Å². The molecule has 0 spiro atoms. The first-order valence-electron chi connectivity index (χ1n) is 12.1. The van der Waals surface area contributed by atoms with Gasteiger partial charge >= 0.3 is 0 Å². The molecule has 3 amide bonds. The van der Waals surface area contributed by atoms with Gasteiger partial charge in [-0.15, -0.1) is 0 Å². The number of fused-ring (bicyclic) bond motifs is 1. The van der Waals surface area contributed by atoms with Crippen LogP contribution in [0.4, 0.5) is 30.4 Å². The molecular weight excluding hydrogens is 523 g/mol. The monoisotopic (exact) mass is 547 g/mol. The maximum atomic E-state index is 14.6. The third-order valence-corrected chi connectivity index (χ3v) is 6.72. The number of carbonyl (C=O) groups is 3. The Bertz CT molecular complexity index is 1440. The average molecular weight is 547 g/mol. The van der Waals surface area contributed by atoms with Gasteiger partial charge in [-0.1, -0.05) is 5.16 Å². The van der Waals surface area contributed by atoms with Gasteiger partial charge in [-0.2, -0.15) is 0 Å². The topological polar surface area (TPSA) is 151 Å². The number of aromatic nitrogens is 1. The summed E-state index contributed by atoms with van der Waals surface area (Å²) in [7, 11) is 0. The van der Waals surface area contributed by atoms with Crippen molar-refractivity contribution in [3.63, 3.8) is 0 Å². The number of nitrogens with one attached hydrogen (secondary N) is 1. The number of hydrogen-bond acceptors (Lipinski definition) is 8. The van der Waals surface area contributed by atoms with E-state index in [1.807, 2.05) is 0 Å². The zero-order valence-corrected chi connectivity index (χ0v) is 20.4. The summed E-state index contributed by atoms with van der Waals surface area (Å²) in [5.41, 5.74) is 5.97. The van der Waals surface area contributed by atoms with E-state index in [9.17, 15) is 32.7 Å². The van der Waals surface area contributed by atoms with Gasteiger partial charge in [0.15, 0.2) is 23.6 Å². The SMILES string of the molecule is Nc1noc2cc(NC(=O)C(O)C3OCCN(c4ccc(F)c(C(=O)N5CCC(F)(F)CC5)c4)C3=O)ccc12. The summed E-state index contributed by atoms with van der Waals surface area (Å²) in [4.78, 5) is 41.1. The van der Waals surface area contributed by atoms with Crippen LogP contribution in [0.2, 0.25) is 0 Å². The Morgan fingerprint density at radius 2 is 1.90 bits per heavy atom. The van der Waals surface area contributed by atoms with E-state index in [4.69, 9.17) is 15.0 Å². The van der Waals surface area contributed by atoms with Gasteiger partial charge in [0.2, 0.25) is 0 Å². The highest BCUT2D eigenvalue weighted by atomic mass is 19.3. The Balaban J connectivity index is 1.29. The first-order chi connectivity index (χ1) is 18.5. The number of aliphatic hydroxyl groups excluding tert-OH is 1. The molecule has 2 aromatic carbocycles. The average Bonchev–Trinajstić information content (AvgIpc) is 3.28. The number of hydrogen-bond donors (Lipinski definition) is 3. The quantitative estimate of drug-likeness (QED) is 0.440. The normalized spacial score (nSPS) is 20.2. The molecule has 2 atom stereocenters. The number of aliphatic hydroxyl groups is 1. The van der Waals surface area contributed by atoms with Gasteiger partial charge in [0.1, 0.15) is 5.82 Å². The van der Waals surface area contributed by atoms with Crippen molar-refractivity contribution < 1.29 is 41.9 Å². The smallest absolute Gasteiger partial charge is 0.259 e. The van der Waals surface area contributed by atoms with Crippen LogP contribution in [0.1, 0.15) is 23.2 Å². The van der Waals surface area contributed by atoms with Crippen LogP contribution < -0.4 is 16.0 Å². The zero-order chi connectivity index (χ0) is 27.9. The van der Waals surface area contributed by atoms with E-state index in [2.05, 4.69) is 10.5 Å². The summed E-state index contributed by atoms with van der Waals surface area (Å²) in [6.45, 7) is -0.521. The summed E-state index contributed by atoms with van der Waals surface area (Å²) in [5, 5.41) is 17.3. The highest BCUT2D eigenvalue weighted by molar-refractivity contribution is 6.05. The number of halogens is 3. The van der Waals surface area contributed by atoms with Crippen LogP contribution in [-0.4, -0.2) is 77.3 Å². The van der Waals surface area contributed by atoms with Gasteiger partial charge in [-0.05, 0) is 30.3 Å². The molecular formula is C25H24F3N5O6. The lowest BCUT2D eigenvalue weighted by molar-refractivity contribution is -0.150. The first-order valence-corrected chi connectivity index (χ1v) is 12.1. The molecule has 14 heteroatoms. The van der Waals surface area contributed by atoms with Gasteiger partial charge in [-0.25, -0.2) is 13.2 Å². The fraction of sp³-hybridized carbons (Fsp3) is 0.360. The second-order valence-electron chi connectivity index (χ2n) is 9.31. The minimum atomic E-state index is -2.88. The molecule has 2 fully saturated rings. The van der Waals surface area contributed by atoms with Crippen LogP contribution in [-0.2, 0) is 14.3 Å². The Morgan fingerprint density at radius 3 is 2.64 bits per heavy atom. The number of piperidine rings is 1. The number of alkyl halides is 2. The molecule has 0 aliphatic carbocycles. The number of carbonyl (C=O) groups excluding carboxylic acids is 3. The predicted octanol–water partition coefficient (Wildman–Crippen LogP) is 2.15. The number of benzene rings is 2. The minimum absolute atomic E-state index is 0.00244. The van der Waals surface area contributed by atoms with E-state index in [0.717, 1.165) is 21.9 Å². The standard InChI is InChI=1S/C25H24F3N5O6/c26-17-4-2-14(12-16(17)23(36)32-7-5-25(27,28)6-8-32)33-9-10-38-20(24(33)37)19(34)22(35)30-13-1-3-15-18(11-13)39-31-21(15)29/h1-4,11-12,19-20,34H,5-10H2,(H2,29,31)(H,30,35). The molecule has 11 nitrogen and oxygen atoms in total. The van der Waals surface area contributed by atoms with E-state index < -0.39 is 54.5 Å². The molecule has 1 aromatic heterocycles. The van der Waals surface area contributed by atoms with Crippen LogP contribution in [0.25, 0.3) is 11.0 Å². The van der Waals surface area contributed by atoms with Crippen LogP contribution in [0, 0.1) is 5.82 Å². The highest BCUT2D eigenvalue weighted by Crippen LogP contribution is 2.30. The molecule has 2 aliphatic heterocycles. The Labute approximate surface area is 219 Å². The van der Waals surface area contributed by atoms with Crippen molar-refractivity contribution in [3.05, 3.63) is 47.8 Å². The molecule has 5 rings (SSSR count). The van der Waals surface area contributed by atoms with Crippen LogP contribution in [0.3, 0.4) is 0 Å². The number of morpholine rings is 1. The van der Waals surface area contributed by atoms with Gasteiger partial charge < -0.3 is 35.2 Å². The number of nitrogens with zero attached hydrogens (tertiary/aromatic N) is 3. The van der Waals surface area contributed by atoms with E-state index in [1.54, 1.807) is 6.07 Å². The molecule has 2 aliphatic rings. The Morgan fingerprint density at radius 1 is 1.15 bits per heavy atom. The lowest BCUT2D eigenvalue weighted by Gasteiger charge is -2.34. The Kier molecular flexibility index (Phi) is 6.91. The molecule has 2 saturated heterocycles. The van der Waals surface area contributed by atoms with E-state index in [-0.39, 0.29) is 49.0 Å². The second-order valence-corrected chi connectivity index (χ2v) is 9.31. The summed E-state index contributed by atoms with van der Waals surface area (Å²) in [5.74, 6) is -6.07. The molecule has 0 saturated carbocycles. The second kappa shape index (κ2) is 10.2. The summed E-state index contributed by atoms with van der Waals surface area (Å²) in [6, 6.07) is 7.93. The lowest BCUT2D eigenvalue weighted by atomic mass is 10.0. The predicted molar refractivity (Wildman–Crippen MR) is 132 cm³/mol. The van der Waals surface area contributed by atoms with Crippen molar-refractivity contribution in [2.24, 2.45) is 0 Å². The number of nitrogens with two attached hydrogens (primary N) is 1. The van der Waals surface area contributed by atoms with Gasteiger partial charge in [0, 0.05) is 49.9 Å². The number of ether oxygens (including phenoxy) is 1. The zero-order valence-electron chi connectivity index (χ0n) is 20.4. The summed E-state index contributed by atoms with van der Waals surface area (Å²) in [6.07, 6.45) is -4.54. The van der Waals surface area contributed by atoms with E-state index >= 15 is 0 Å². The number of nitrogen functional groups attached to an aromatic ring is 1. The third-order valence-electron chi connectivity index (χ3n) is 6.72. The van der Waals surface area contributed by atoms with Crippen molar-refractivity contribution >= 4 is 45.9 Å². The molecule has 4 N–H and O–H groups in total. The van der Waals surface area contributed by atoms with Crippen molar-refractivity contribution in [1.82, 2.24) is 10.1 Å². The summed E-state index contributed by atoms with van der Waals surface area (Å²) < 4.78 is 52.0. The fourth-order valence-corrected chi connectivity index (χ4v) is 4.53. The molecule has 3 aromatic rings. The van der Waals surface area contributed by atoms with Gasteiger partial charge in [0.05, 0.1) is 17.6 Å². The fourth-order valence-electron chi connectivity index (χ4n) is 4.53. The summed E-state index contributed by atoms with van der Waals surface area (Å²) >= 11 is 0. The van der Waals surface area contributed by atoms with Crippen LogP contribution in [0.5, 0.6) is 0 Å². The number of likely N-dealkylation sites (tertiary alicyclic amines) is 1. The van der Waals surface area contributed by atoms with Crippen LogP contribution in [0.15, 0.2) is 40.9 Å². The maximum absolute atomic E-state index is 14.6. The molecule has 206 valence electrons. The molecule has 0 bridgehead atoms. The minimum Gasteiger partial charge on any atom is -0.380 e. The third kappa shape index (κ3) is 5.25. The molecule has 39 heavy (non-hydrogen) atoms. The van der Waals surface area contributed by atoms with Gasteiger partial charge in [0.25, 0.3) is 23.6 Å². The lowest BCUT2D eigenvalue weighted by Crippen LogP contribution is -2.55. The van der Waals surface area contributed by atoms with E-state index in [0.29, 0.717) is 11.0 Å². The number of anilines is 3.